The number of amides is 1. The Balaban J connectivity index is 1.36. The van der Waals surface area contributed by atoms with Gasteiger partial charge in [-0.3, -0.25) is 19.7 Å². The molecule has 5 aromatic rings. The maximum absolute atomic E-state index is 12.8. The van der Waals surface area contributed by atoms with E-state index < -0.39 is 10.8 Å². The van der Waals surface area contributed by atoms with Crippen LogP contribution in [0.4, 0.5) is 5.69 Å². The molecule has 2 aromatic heterocycles. The Labute approximate surface area is 198 Å². The van der Waals surface area contributed by atoms with Gasteiger partial charge in [-0.05, 0) is 42.5 Å². The molecule has 0 spiro atoms. The quantitative estimate of drug-likeness (QED) is 0.171. The summed E-state index contributed by atoms with van der Waals surface area (Å²) >= 11 is 0. The van der Waals surface area contributed by atoms with Crippen LogP contribution in [-0.4, -0.2) is 21.6 Å². The lowest BCUT2D eigenvalue weighted by Gasteiger charge is -2.14. The first kappa shape index (κ1) is 21.8. The van der Waals surface area contributed by atoms with Gasteiger partial charge in [0, 0.05) is 16.8 Å². The highest BCUT2D eigenvalue weighted by Gasteiger charge is 2.17. The molecule has 2 heterocycles. The Morgan fingerprint density at radius 3 is 2.26 bits per heavy atom. The second-order valence-electron chi connectivity index (χ2n) is 7.72. The van der Waals surface area contributed by atoms with Gasteiger partial charge in [0.2, 0.25) is 0 Å². The number of hydrazone groups is 1. The van der Waals surface area contributed by atoms with E-state index in [0.29, 0.717) is 38.9 Å². The van der Waals surface area contributed by atoms with Crippen LogP contribution in [0.25, 0.3) is 33.1 Å². The van der Waals surface area contributed by atoms with E-state index in [4.69, 9.17) is 4.42 Å². The highest BCUT2D eigenvalue weighted by Crippen LogP contribution is 2.30. The number of nitro benzene ring substituents is 1. The average Bonchev–Trinajstić information content (AvgIpc) is 3.35. The van der Waals surface area contributed by atoms with Crippen molar-refractivity contribution < 1.29 is 14.1 Å². The number of furan rings is 1. The number of para-hydroxylation sites is 3. The number of pyridine rings is 1. The Hall–Kier alpha value is -5.05. The number of hydrogen-bond acceptors (Lipinski definition) is 6. The van der Waals surface area contributed by atoms with Crippen LogP contribution in [0.15, 0.2) is 99.2 Å². The third-order valence-electron chi connectivity index (χ3n) is 5.55. The van der Waals surface area contributed by atoms with Gasteiger partial charge in [-0.2, -0.15) is 5.10 Å². The summed E-state index contributed by atoms with van der Waals surface area (Å²) in [4.78, 5) is 36.3. The number of fused-ring (bicyclic) bond motifs is 2. The predicted molar refractivity (Wildman–Crippen MR) is 132 cm³/mol. The molecule has 5 rings (SSSR count). The number of benzene rings is 3. The highest BCUT2D eigenvalue weighted by atomic mass is 16.6. The molecule has 0 fully saturated rings. The van der Waals surface area contributed by atoms with E-state index in [1.54, 1.807) is 71.3 Å². The standard InChI is InChI=1S/C26H18N4O5/c31-25(16-29-21-10-4-2-8-19(21)26(32)20-9-3-5-11-22(20)29)28-27-15-17-13-14-24(35-17)18-7-1-6-12-23(18)30(33)34/h1-15H,16H2,(H,28,31)/b27-15-. The summed E-state index contributed by atoms with van der Waals surface area (Å²) in [7, 11) is 0. The minimum Gasteiger partial charge on any atom is -0.455 e. The molecule has 9 nitrogen and oxygen atoms in total. The molecule has 9 heteroatoms. The Kier molecular flexibility index (Phi) is 5.64. The minimum atomic E-state index is -0.476. The zero-order valence-electron chi connectivity index (χ0n) is 18.3. The van der Waals surface area contributed by atoms with Crippen molar-refractivity contribution in [2.24, 2.45) is 5.10 Å². The summed E-state index contributed by atoms with van der Waals surface area (Å²) in [5, 5.41) is 16.3. The van der Waals surface area contributed by atoms with Gasteiger partial charge in [0.25, 0.3) is 11.6 Å². The van der Waals surface area contributed by atoms with E-state index in [9.17, 15) is 19.7 Å². The van der Waals surface area contributed by atoms with E-state index in [1.807, 2.05) is 12.1 Å². The van der Waals surface area contributed by atoms with Crippen LogP contribution in [0.2, 0.25) is 0 Å². The van der Waals surface area contributed by atoms with Crippen LogP contribution >= 0.6 is 0 Å². The second-order valence-corrected chi connectivity index (χ2v) is 7.72. The van der Waals surface area contributed by atoms with Crippen LogP contribution in [0.1, 0.15) is 5.76 Å². The lowest BCUT2D eigenvalue weighted by molar-refractivity contribution is -0.384. The van der Waals surface area contributed by atoms with E-state index in [-0.39, 0.29) is 17.7 Å². The van der Waals surface area contributed by atoms with Gasteiger partial charge in [0.1, 0.15) is 18.1 Å². The van der Waals surface area contributed by atoms with Gasteiger partial charge in [-0.15, -0.1) is 0 Å². The molecule has 0 unspecified atom stereocenters. The van der Waals surface area contributed by atoms with E-state index in [1.165, 1.54) is 12.3 Å². The first-order valence-electron chi connectivity index (χ1n) is 10.7. The molecule has 1 amide bonds. The first-order valence-corrected chi connectivity index (χ1v) is 10.7. The molecule has 35 heavy (non-hydrogen) atoms. The van der Waals surface area contributed by atoms with Crippen molar-refractivity contribution in [3.8, 4) is 11.3 Å². The predicted octanol–water partition coefficient (Wildman–Crippen LogP) is 4.47. The lowest BCUT2D eigenvalue weighted by atomic mass is 10.1. The molecule has 3 aromatic carbocycles. The molecule has 0 aliphatic heterocycles. The number of nitrogens with one attached hydrogen (secondary N) is 1. The van der Waals surface area contributed by atoms with E-state index in [2.05, 4.69) is 10.5 Å². The Bertz CT molecular complexity index is 1620. The topological polar surface area (TPSA) is 120 Å². The number of aromatic nitrogens is 1. The van der Waals surface area contributed by atoms with E-state index >= 15 is 0 Å². The van der Waals surface area contributed by atoms with Crippen LogP contribution < -0.4 is 10.9 Å². The SMILES string of the molecule is O=C(Cn1c2ccccc2c(=O)c2ccccc21)N/N=C\c1ccc(-c2ccccc2[N+](=O)[O-])o1. The van der Waals surface area contributed by atoms with Gasteiger partial charge >= 0.3 is 0 Å². The van der Waals surface area contributed by atoms with Gasteiger partial charge in [-0.1, -0.05) is 36.4 Å². The molecule has 172 valence electrons. The number of nitro groups is 1. The zero-order chi connectivity index (χ0) is 24.4. The molecule has 0 aliphatic rings. The zero-order valence-corrected chi connectivity index (χ0v) is 18.3. The highest BCUT2D eigenvalue weighted by molar-refractivity contribution is 5.95. The summed E-state index contributed by atoms with van der Waals surface area (Å²) in [5.74, 6) is 0.236. The van der Waals surface area contributed by atoms with Crippen molar-refractivity contribution in [2.45, 2.75) is 6.54 Å². The normalized spacial score (nSPS) is 11.3. The van der Waals surface area contributed by atoms with Crippen molar-refractivity contribution in [1.29, 1.82) is 0 Å². The molecule has 0 radical (unpaired) electrons. The fourth-order valence-corrected chi connectivity index (χ4v) is 4.00. The number of carbonyl (C=O) groups excluding carboxylic acids is 1. The van der Waals surface area contributed by atoms with Crippen molar-refractivity contribution in [1.82, 2.24) is 9.99 Å². The van der Waals surface area contributed by atoms with Gasteiger partial charge in [0.05, 0.1) is 27.7 Å². The Morgan fingerprint density at radius 1 is 0.943 bits per heavy atom. The summed E-state index contributed by atoms with van der Waals surface area (Å²) in [5.41, 5.74) is 3.95. The summed E-state index contributed by atoms with van der Waals surface area (Å²) in [6.45, 7) is -0.0573. The molecular formula is C26H18N4O5. The summed E-state index contributed by atoms with van der Waals surface area (Å²) < 4.78 is 7.42. The fraction of sp³-hybridized carbons (Fsp3) is 0.0385. The first-order chi connectivity index (χ1) is 17.0. The molecular weight excluding hydrogens is 448 g/mol. The van der Waals surface area contributed by atoms with Crippen LogP contribution in [0.5, 0.6) is 0 Å². The Morgan fingerprint density at radius 2 is 1.57 bits per heavy atom. The molecule has 0 saturated carbocycles. The lowest BCUT2D eigenvalue weighted by Crippen LogP contribution is -2.25. The fourth-order valence-electron chi connectivity index (χ4n) is 4.00. The number of rotatable bonds is 6. The number of carbonyl (C=O) groups is 1. The van der Waals surface area contributed by atoms with Crippen LogP contribution in [0, 0.1) is 10.1 Å². The summed E-state index contributed by atoms with van der Waals surface area (Å²) in [6, 6.07) is 23.7. The maximum atomic E-state index is 12.8. The monoisotopic (exact) mass is 466 g/mol. The van der Waals surface area contributed by atoms with Crippen molar-refractivity contribution >= 4 is 39.6 Å². The van der Waals surface area contributed by atoms with Gasteiger partial charge in [0.15, 0.2) is 5.43 Å². The van der Waals surface area contributed by atoms with Crippen molar-refractivity contribution in [2.75, 3.05) is 0 Å². The molecule has 1 N–H and O–H groups in total. The summed E-state index contributed by atoms with van der Waals surface area (Å²) in [6.07, 6.45) is 1.32. The largest absolute Gasteiger partial charge is 0.455 e. The average molecular weight is 466 g/mol. The third kappa shape index (κ3) is 4.18. The van der Waals surface area contributed by atoms with Gasteiger partial charge < -0.3 is 8.98 Å². The van der Waals surface area contributed by atoms with Crippen molar-refractivity contribution in [3.05, 3.63) is 111 Å². The second kappa shape index (κ2) is 9.06. The van der Waals surface area contributed by atoms with Crippen LogP contribution in [-0.2, 0) is 11.3 Å². The smallest absolute Gasteiger partial charge is 0.280 e. The van der Waals surface area contributed by atoms with Crippen LogP contribution in [0.3, 0.4) is 0 Å². The van der Waals surface area contributed by atoms with Gasteiger partial charge in [-0.25, -0.2) is 5.43 Å². The number of nitrogens with zero attached hydrogens (tertiary/aromatic N) is 3. The maximum Gasteiger partial charge on any atom is 0.280 e. The van der Waals surface area contributed by atoms with E-state index in [0.717, 1.165) is 0 Å². The molecule has 0 bridgehead atoms. The molecule has 0 saturated heterocycles. The third-order valence-corrected chi connectivity index (χ3v) is 5.55. The minimum absolute atomic E-state index is 0.0573. The van der Waals surface area contributed by atoms with Crippen molar-refractivity contribution in [3.63, 3.8) is 0 Å². The number of hydrogen-bond donors (Lipinski definition) is 1. The molecule has 0 aliphatic carbocycles. The molecule has 0 atom stereocenters.